The summed E-state index contributed by atoms with van der Waals surface area (Å²) in [6.07, 6.45) is 3.93. The van der Waals surface area contributed by atoms with E-state index >= 15 is 0 Å². The molecule has 1 saturated heterocycles. The predicted octanol–water partition coefficient (Wildman–Crippen LogP) is 4.23. The lowest BCUT2D eigenvalue weighted by Crippen LogP contribution is -2.28. The highest BCUT2D eigenvalue weighted by Crippen LogP contribution is 2.32. The number of benzene rings is 2. The Bertz CT molecular complexity index is 1160. The maximum absolute atomic E-state index is 12.5. The minimum atomic E-state index is -5.70. The predicted molar refractivity (Wildman–Crippen MR) is 102 cm³/mol. The maximum Gasteiger partial charge on any atom is 0.534 e. The molecule has 0 spiro atoms. The van der Waals surface area contributed by atoms with Gasteiger partial charge < -0.3 is 9.17 Å². The molecular weight excluding hydrogens is 407 g/mol. The van der Waals surface area contributed by atoms with E-state index in [4.69, 9.17) is 0 Å². The van der Waals surface area contributed by atoms with Crippen molar-refractivity contribution in [2.75, 3.05) is 13.6 Å². The van der Waals surface area contributed by atoms with E-state index in [0.29, 0.717) is 5.39 Å². The van der Waals surface area contributed by atoms with Gasteiger partial charge >= 0.3 is 15.6 Å². The van der Waals surface area contributed by atoms with Crippen molar-refractivity contribution in [2.45, 2.75) is 24.4 Å². The first-order valence-corrected chi connectivity index (χ1v) is 10.3. The lowest BCUT2D eigenvalue weighted by atomic mass is 10.1. The number of imidazole rings is 1. The van der Waals surface area contributed by atoms with Crippen LogP contribution in [0.15, 0.2) is 42.6 Å². The van der Waals surface area contributed by atoms with Crippen LogP contribution in [-0.4, -0.2) is 42.4 Å². The Hall–Kier alpha value is -2.59. The Morgan fingerprint density at radius 1 is 1.17 bits per heavy atom. The van der Waals surface area contributed by atoms with Crippen molar-refractivity contribution in [1.82, 2.24) is 14.9 Å². The smallest absolute Gasteiger partial charge is 0.376 e. The Kier molecular flexibility index (Phi) is 4.78. The molecule has 2 heterocycles. The molecule has 1 fully saturated rings. The van der Waals surface area contributed by atoms with Crippen LogP contribution in [0.3, 0.4) is 0 Å². The van der Waals surface area contributed by atoms with Gasteiger partial charge in [0.2, 0.25) is 0 Å². The summed E-state index contributed by atoms with van der Waals surface area (Å²) in [5.41, 5.74) is -3.77. The van der Waals surface area contributed by atoms with E-state index in [-0.39, 0.29) is 6.04 Å². The number of H-pyrrole nitrogens is 1. The summed E-state index contributed by atoms with van der Waals surface area (Å²) in [6.45, 7) is 1.03. The van der Waals surface area contributed by atoms with Gasteiger partial charge in [-0.05, 0) is 55.4 Å². The van der Waals surface area contributed by atoms with Gasteiger partial charge in [-0.3, -0.25) is 4.90 Å². The zero-order chi connectivity index (χ0) is 20.8. The first-order chi connectivity index (χ1) is 13.6. The van der Waals surface area contributed by atoms with E-state index < -0.39 is 21.4 Å². The molecule has 10 heteroatoms. The van der Waals surface area contributed by atoms with E-state index in [1.54, 1.807) is 18.3 Å². The fourth-order valence-corrected chi connectivity index (χ4v) is 3.98. The monoisotopic (exact) mass is 425 g/mol. The Morgan fingerprint density at radius 2 is 1.90 bits per heavy atom. The standard InChI is InChI=1S/C19H18F3N3O3S/c1-25-8-2-3-17(25)18-23-11-16(24-18)14-5-4-13-10-15(7-6-12(13)9-14)28-29(26,27)19(20,21)22/h4-7,9-11,17H,2-3,8H2,1H3,(H,23,24). The largest absolute Gasteiger partial charge is 0.534 e. The summed E-state index contributed by atoms with van der Waals surface area (Å²) in [7, 11) is -3.63. The molecule has 154 valence electrons. The van der Waals surface area contributed by atoms with Crippen molar-refractivity contribution >= 4 is 20.9 Å². The average Bonchev–Trinajstić information content (AvgIpc) is 3.28. The number of nitrogens with zero attached hydrogens (tertiary/aromatic N) is 2. The molecule has 0 bridgehead atoms. The van der Waals surface area contributed by atoms with E-state index in [9.17, 15) is 21.6 Å². The number of aromatic nitrogens is 2. The third-order valence-electron chi connectivity index (χ3n) is 5.04. The maximum atomic E-state index is 12.5. The van der Waals surface area contributed by atoms with Gasteiger partial charge in [-0.15, -0.1) is 0 Å². The molecule has 0 radical (unpaired) electrons. The quantitative estimate of drug-likeness (QED) is 0.500. The topological polar surface area (TPSA) is 75.3 Å². The number of halogens is 3. The lowest BCUT2D eigenvalue weighted by molar-refractivity contribution is -0.0500. The van der Waals surface area contributed by atoms with Crippen molar-refractivity contribution in [3.05, 3.63) is 48.4 Å². The van der Waals surface area contributed by atoms with Gasteiger partial charge in [0.05, 0.1) is 17.9 Å². The van der Waals surface area contributed by atoms with Gasteiger partial charge in [-0.1, -0.05) is 18.2 Å². The van der Waals surface area contributed by atoms with Crippen LogP contribution in [0.2, 0.25) is 0 Å². The van der Waals surface area contributed by atoms with Crippen LogP contribution in [0.5, 0.6) is 5.75 Å². The molecule has 1 aliphatic rings. The van der Waals surface area contributed by atoms with Gasteiger partial charge in [0.25, 0.3) is 0 Å². The summed E-state index contributed by atoms with van der Waals surface area (Å²) in [5.74, 6) is 0.511. The molecule has 6 nitrogen and oxygen atoms in total. The Balaban J connectivity index is 1.60. The second kappa shape index (κ2) is 7.03. The first-order valence-electron chi connectivity index (χ1n) is 8.94. The third-order valence-corrected chi connectivity index (χ3v) is 6.02. The zero-order valence-electron chi connectivity index (χ0n) is 15.4. The van der Waals surface area contributed by atoms with Crippen LogP contribution >= 0.6 is 0 Å². The van der Waals surface area contributed by atoms with Gasteiger partial charge in [-0.2, -0.15) is 21.6 Å². The summed E-state index contributed by atoms with van der Waals surface area (Å²) < 4.78 is 64.0. The number of rotatable bonds is 4. The Morgan fingerprint density at radius 3 is 2.59 bits per heavy atom. The van der Waals surface area contributed by atoms with Gasteiger partial charge in [0.15, 0.2) is 0 Å². The van der Waals surface area contributed by atoms with Gasteiger partial charge in [-0.25, -0.2) is 4.98 Å². The molecule has 1 unspecified atom stereocenters. The second-order valence-corrected chi connectivity index (χ2v) is 8.57. The van der Waals surface area contributed by atoms with Crippen LogP contribution in [0.4, 0.5) is 13.2 Å². The van der Waals surface area contributed by atoms with E-state index in [0.717, 1.165) is 41.9 Å². The molecule has 1 atom stereocenters. The number of alkyl halides is 3. The molecule has 0 aliphatic carbocycles. The molecule has 1 aliphatic heterocycles. The highest BCUT2D eigenvalue weighted by molar-refractivity contribution is 7.88. The van der Waals surface area contributed by atoms with Crippen molar-refractivity contribution in [2.24, 2.45) is 0 Å². The molecule has 2 aromatic carbocycles. The van der Waals surface area contributed by atoms with Crippen molar-refractivity contribution in [3.63, 3.8) is 0 Å². The van der Waals surface area contributed by atoms with Crippen LogP contribution in [-0.2, 0) is 10.1 Å². The highest BCUT2D eigenvalue weighted by atomic mass is 32.2. The third kappa shape index (κ3) is 3.82. The minimum absolute atomic E-state index is 0.263. The number of likely N-dealkylation sites (tertiary alicyclic amines) is 1. The van der Waals surface area contributed by atoms with Gasteiger partial charge in [0.1, 0.15) is 11.6 Å². The first kappa shape index (κ1) is 19.7. The highest BCUT2D eigenvalue weighted by Gasteiger charge is 2.48. The van der Waals surface area contributed by atoms with Crippen LogP contribution in [0.1, 0.15) is 24.7 Å². The number of fused-ring (bicyclic) bond motifs is 1. The molecule has 1 aromatic heterocycles. The van der Waals surface area contributed by atoms with E-state index in [1.807, 2.05) is 6.07 Å². The molecular formula is C19H18F3N3O3S. The lowest BCUT2D eigenvalue weighted by Gasteiger charge is -2.16. The van der Waals surface area contributed by atoms with E-state index in [2.05, 4.69) is 26.1 Å². The van der Waals surface area contributed by atoms with E-state index in [1.165, 1.54) is 18.2 Å². The van der Waals surface area contributed by atoms with Crippen LogP contribution in [0.25, 0.3) is 22.0 Å². The van der Waals surface area contributed by atoms with Crippen molar-refractivity contribution in [1.29, 1.82) is 0 Å². The fraction of sp³-hybridized carbons (Fsp3) is 0.316. The molecule has 29 heavy (non-hydrogen) atoms. The summed E-state index contributed by atoms with van der Waals surface area (Å²) >= 11 is 0. The van der Waals surface area contributed by atoms with Crippen molar-refractivity contribution in [3.8, 4) is 17.0 Å². The number of aromatic amines is 1. The average molecular weight is 425 g/mol. The number of hydrogen-bond acceptors (Lipinski definition) is 5. The normalized spacial score (nSPS) is 18.4. The molecule has 0 amide bonds. The van der Waals surface area contributed by atoms with Crippen LogP contribution in [0, 0.1) is 0 Å². The number of nitrogens with one attached hydrogen (secondary N) is 1. The fourth-order valence-electron chi connectivity index (χ4n) is 3.53. The summed E-state index contributed by atoms with van der Waals surface area (Å²) in [5, 5.41) is 1.28. The molecule has 3 aromatic rings. The minimum Gasteiger partial charge on any atom is -0.376 e. The number of hydrogen-bond donors (Lipinski definition) is 1. The summed E-state index contributed by atoms with van der Waals surface area (Å²) in [4.78, 5) is 10.1. The molecule has 1 N–H and O–H groups in total. The molecule has 4 rings (SSSR count). The Labute approximate surface area is 165 Å². The SMILES string of the molecule is CN1CCCC1c1ncc(-c2ccc3cc(OS(=O)(=O)C(F)(F)F)ccc3c2)[nH]1. The van der Waals surface area contributed by atoms with Crippen LogP contribution < -0.4 is 4.18 Å². The van der Waals surface area contributed by atoms with Gasteiger partial charge in [0, 0.05) is 5.56 Å². The summed E-state index contributed by atoms with van der Waals surface area (Å²) in [6, 6.07) is 9.57. The zero-order valence-corrected chi connectivity index (χ0v) is 16.2. The molecule has 0 saturated carbocycles. The van der Waals surface area contributed by atoms with Crippen molar-refractivity contribution < 1.29 is 25.8 Å². The second-order valence-electron chi connectivity index (χ2n) is 7.03.